The normalized spacial score (nSPS) is 12.9. The molecule has 0 amide bonds. The molecule has 0 aliphatic carbocycles. The molecule has 0 radical (unpaired) electrons. The van der Waals surface area contributed by atoms with Crippen LogP contribution < -0.4 is 21.3 Å². The van der Waals surface area contributed by atoms with Crippen molar-refractivity contribution in [3.05, 3.63) is 269 Å². The summed E-state index contributed by atoms with van der Waals surface area (Å²) < 4.78 is 62.9. The molecule has 0 bridgehead atoms. The van der Waals surface area contributed by atoms with Gasteiger partial charge in [-0.05, 0) is 158 Å². The Morgan fingerprint density at radius 2 is 1.09 bits per heavy atom. The predicted molar refractivity (Wildman–Crippen MR) is 370 cm³/mol. The number of rotatable bonds is 7. The van der Waals surface area contributed by atoms with Crippen molar-refractivity contribution >= 4 is 125 Å². The largest absolute Gasteiger partial charge is 0.339 e. The Kier molecular flexibility index (Phi) is 20.4. The van der Waals surface area contributed by atoms with Crippen LogP contribution in [0, 0.1) is 45.3 Å². The van der Waals surface area contributed by atoms with E-state index in [9.17, 15) is 21.6 Å². The Hall–Kier alpha value is -9.29. The lowest BCUT2D eigenvalue weighted by Gasteiger charge is -2.09. The Bertz CT molecular complexity index is 4890. The van der Waals surface area contributed by atoms with Gasteiger partial charge in [0.1, 0.15) is 50.0 Å². The van der Waals surface area contributed by atoms with Crippen LogP contribution in [0.25, 0.3) is 11.0 Å². The zero-order chi connectivity index (χ0) is 65.3. The lowest BCUT2D eigenvalue weighted by molar-refractivity contribution is 0.571. The number of pyridine rings is 4. The van der Waals surface area contributed by atoms with E-state index in [0.29, 0.717) is 64.3 Å². The number of aliphatic imine (C=N–C) groups is 4. The molecule has 470 valence electrons. The van der Waals surface area contributed by atoms with Crippen LogP contribution >= 0.6 is 57.9 Å². The summed E-state index contributed by atoms with van der Waals surface area (Å²) >= 11 is 21.6. The molecule has 0 saturated heterocycles. The summed E-state index contributed by atoms with van der Waals surface area (Å²) in [5.74, 6) is 1.12. The number of thiophene rings is 1. The van der Waals surface area contributed by atoms with E-state index in [4.69, 9.17) is 34.8 Å². The molecule has 0 atom stereocenters. The molecule has 4 aliphatic heterocycles. The van der Waals surface area contributed by atoms with Crippen LogP contribution in [0.4, 0.5) is 35.9 Å². The maximum absolute atomic E-state index is 13.6. The Morgan fingerprint density at radius 1 is 0.538 bits per heavy atom. The van der Waals surface area contributed by atoms with Gasteiger partial charge in [0.2, 0.25) is 5.95 Å². The lowest BCUT2D eigenvalue weighted by Crippen LogP contribution is -2.14. The number of fused-ring (bicyclic) bond motifs is 5. The minimum atomic E-state index is -3.62. The highest BCUT2D eigenvalue weighted by Crippen LogP contribution is 2.32. The lowest BCUT2D eigenvalue weighted by atomic mass is 10.2. The van der Waals surface area contributed by atoms with Crippen molar-refractivity contribution in [1.29, 1.82) is 0 Å². The minimum absolute atomic E-state index is 0.339. The van der Waals surface area contributed by atoms with E-state index in [2.05, 4.69) is 114 Å². The highest BCUT2D eigenvalue weighted by molar-refractivity contribution is 7.99. The number of benzene rings is 5. The fourth-order valence-corrected chi connectivity index (χ4v) is 12.7. The number of hydrogen-bond donors (Lipinski definition) is 5. The van der Waals surface area contributed by atoms with Gasteiger partial charge in [-0.25, -0.2) is 27.2 Å². The second-order valence-corrected chi connectivity index (χ2v) is 26.6. The first-order valence-corrected chi connectivity index (χ1v) is 33.4. The van der Waals surface area contributed by atoms with E-state index >= 15 is 0 Å². The van der Waals surface area contributed by atoms with Crippen molar-refractivity contribution in [2.75, 3.05) is 27.5 Å². The molecular weight excluding hydrogens is 1300 g/mol. The number of aromatic amines is 1. The third kappa shape index (κ3) is 16.3. The predicted octanol–water partition coefficient (Wildman–Crippen LogP) is 16.6. The fourth-order valence-electron chi connectivity index (χ4n) is 9.52. The zero-order valence-electron chi connectivity index (χ0n) is 50.3. The van der Waals surface area contributed by atoms with Crippen LogP contribution in [-0.4, -0.2) is 68.1 Å². The second kappa shape index (κ2) is 29.1. The van der Waals surface area contributed by atoms with Crippen LogP contribution in [0.5, 0.6) is 0 Å². The van der Waals surface area contributed by atoms with Crippen LogP contribution in [0.1, 0.15) is 66.5 Å². The molecule has 6 aromatic heterocycles. The van der Waals surface area contributed by atoms with Gasteiger partial charge < -0.3 is 21.3 Å². The summed E-state index contributed by atoms with van der Waals surface area (Å²) in [6.45, 7) is 10.2. The zero-order valence-corrected chi connectivity index (χ0v) is 55.0. The molecule has 93 heavy (non-hydrogen) atoms. The number of amidine groups is 4. The maximum Gasteiger partial charge on any atom is 0.213 e. The molecule has 11 aromatic rings. The van der Waals surface area contributed by atoms with Crippen molar-refractivity contribution in [3.63, 3.8) is 0 Å². The number of H-pyrrole nitrogens is 1. The number of nitrogens with one attached hydrogen (secondary N) is 5. The summed E-state index contributed by atoms with van der Waals surface area (Å²) in [5, 5.41) is 25.1. The summed E-state index contributed by atoms with van der Waals surface area (Å²) in [6, 6.07) is 43.8. The molecule has 0 unspecified atom stereocenters. The molecule has 0 fully saturated rings. The van der Waals surface area contributed by atoms with Gasteiger partial charge in [-0.15, -0.1) is 11.3 Å². The summed E-state index contributed by atoms with van der Waals surface area (Å²) in [6.07, 6.45) is 5.62. The standard InChI is InChI=1S/2C14H11ClFN3.C14H12FN3O2S.C13H11ClN2S.C13H11N3S/c1-8-2-4-10(6-11(8)15)18-14-13-9(7-17-14)3-5-12(16)19-13;1-8-2-3-11(5-12(8)15)19-14-13-9(6-18-14)4-10(16)7-17-13;1-21(19,20)12-7-10(4-5-11(12)15)18-14-13-9(8-17-14)3-2-6-16-13;1-8-2-3-10(6-11(8)14)16-13-12-9(7-15-13)4-5-17-12;1-9-4-2-5-10(8-9)17-13-12-11(15-16-13)6-3-7-14-12/h2-6H,7H2,1H3,(H,17,18);2-5,7H,6H2,1H3,(H,18,19);2-7H,8H2,1H3,(H,17,18);2-6H,7H2,1H3,(H,15,16);2-8H,1H3,(H,15,16). The molecule has 5 aromatic carbocycles. The maximum atomic E-state index is 13.6. The van der Waals surface area contributed by atoms with Gasteiger partial charge in [-0.2, -0.15) is 9.49 Å². The second-order valence-electron chi connectivity index (χ2n) is 21.4. The third-order valence-corrected chi connectivity index (χ3v) is 18.7. The Labute approximate surface area is 557 Å². The monoisotopic (exact) mass is 1360 g/mol. The van der Waals surface area contributed by atoms with Crippen LogP contribution in [0.15, 0.2) is 204 Å². The van der Waals surface area contributed by atoms with Crippen LogP contribution in [-0.2, 0) is 36.0 Å². The quantitative estimate of drug-likeness (QED) is 0.0944. The highest BCUT2D eigenvalue weighted by Gasteiger charge is 2.23. The smallest absolute Gasteiger partial charge is 0.213 e. The van der Waals surface area contributed by atoms with Crippen LogP contribution in [0.2, 0.25) is 15.1 Å². The van der Waals surface area contributed by atoms with Gasteiger partial charge in [0.05, 0.1) is 42.8 Å². The van der Waals surface area contributed by atoms with Crippen molar-refractivity contribution in [3.8, 4) is 0 Å². The van der Waals surface area contributed by atoms with Crippen molar-refractivity contribution < 1.29 is 21.6 Å². The first-order valence-electron chi connectivity index (χ1n) is 28.7. The molecule has 15 rings (SSSR count). The van der Waals surface area contributed by atoms with E-state index in [1.165, 1.54) is 51.4 Å². The molecule has 0 saturated carbocycles. The number of halogens is 6. The van der Waals surface area contributed by atoms with Gasteiger partial charge in [0.25, 0.3) is 0 Å². The summed E-state index contributed by atoms with van der Waals surface area (Å²) in [4.78, 5) is 36.1. The fraction of sp³-hybridized carbons (Fsp3) is 0.132. The van der Waals surface area contributed by atoms with Gasteiger partial charge in [-0.1, -0.05) is 94.6 Å². The van der Waals surface area contributed by atoms with E-state index < -0.39 is 21.6 Å². The average molecular weight is 1360 g/mol. The number of hydrogen-bond acceptors (Lipinski definition) is 17. The molecule has 25 heteroatoms. The van der Waals surface area contributed by atoms with E-state index in [1.54, 1.807) is 41.6 Å². The molecule has 4 aliphatic rings. The first kappa shape index (κ1) is 65.2. The molecule has 5 N–H and O–H groups in total. The third-order valence-electron chi connectivity index (χ3n) is 14.4. The van der Waals surface area contributed by atoms with E-state index in [0.717, 1.165) is 102 Å². The Morgan fingerprint density at radius 3 is 1.72 bits per heavy atom. The van der Waals surface area contributed by atoms with Gasteiger partial charge in [0, 0.05) is 78.1 Å². The summed E-state index contributed by atoms with van der Waals surface area (Å²) in [7, 11) is -3.62. The van der Waals surface area contributed by atoms with Gasteiger partial charge in [0.15, 0.2) is 27.3 Å². The van der Waals surface area contributed by atoms with Crippen molar-refractivity contribution in [2.24, 2.45) is 20.0 Å². The molecule has 0 spiro atoms. The number of anilines is 4. The Balaban J connectivity index is 0.000000119. The van der Waals surface area contributed by atoms with E-state index in [1.807, 2.05) is 99.6 Å². The number of aryl methyl sites for hydroxylation is 4. The molecule has 16 nitrogen and oxygen atoms in total. The highest BCUT2D eigenvalue weighted by atomic mass is 35.5. The summed E-state index contributed by atoms with van der Waals surface area (Å²) in [5.41, 5.74) is 15.3. The van der Waals surface area contributed by atoms with E-state index in [-0.39, 0.29) is 10.7 Å². The SMILES string of the molecule is CS(=O)(=O)c1cc(NC2=NCc3cccnc32)ccc1F.Cc1ccc(NC2=NCc3cc(F)cnc32)cc1Cl.Cc1ccc(NC2=NCc3ccc(F)nc32)cc1Cl.Cc1ccc(NC2=NCc3ccsc32)cc1Cl.Cc1cccc(Sc2n[nH]c3cccnc23)c1. The van der Waals surface area contributed by atoms with Gasteiger partial charge in [-0.3, -0.25) is 35.0 Å². The number of aromatic nitrogens is 6. The van der Waals surface area contributed by atoms with Crippen molar-refractivity contribution in [2.45, 2.75) is 68.7 Å². The minimum Gasteiger partial charge on any atom is -0.339 e. The van der Waals surface area contributed by atoms with Crippen molar-refractivity contribution in [1.82, 2.24) is 30.1 Å². The molecule has 10 heterocycles. The molecular formula is C68H56Cl3F3N14O2S3. The van der Waals surface area contributed by atoms with Gasteiger partial charge >= 0.3 is 0 Å². The first-order chi connectivity index (χ1) is 44.8. The van der Waals surface area contributed by atoms with Crippen LogP contribution in [0.3, 0.4) is 0 Å². The average Bonchev–Trinajstić information content (AvgIpc) is 2.13. The number of nitrogens with zero attached hydrogens (tertiary/aromatic N) is 9. The topological polar surface area (TPSA) is 212 Å². The number of sulfone groups is 1.